The van der Waals surface area contributed by atoms with E-state index in [-0.39, 0.29) is 80.5 Å². The van der Waals surface area contributed by atoms with Crippen LogP contribution in [0.4, 0.5) is 0 Å². The Kier molecular flexibility index (Phi) is 23.7. The highest BCUT2D eigenvalue weighted by Gasteiger charge is 2.53. The van der Waals surface area contributed by atoms with Gasteiger partial charge in [-0.05, 0) is 115 Å². The molecule has 0 radical (unpaired) electrons. The van der Waals surface area contributed by atoms with Crippen molar-refractivity contribution in [2.75, 3.05) is 47.9 Å². The lowest BCUT2D eigenvalue weighted by Gasteiger charge is -2.42. The second-order valence-corrected chi connectivity index (χ2v) is 23.0. The number of allylic oxidation sites excluding steroid dienone is 6. The van der Waals surface area contributed by atoms with Crippen LogP contribution >= 0.6 is 0 Å². The molecule has 0 aromatic heterocycles. The highest BCUT2D eigenvalue weighted by Crippen LogP contribution is 2.39. The summed E-state index contributed by atoms with van der Waals surface area (Å²) in [7, 11) is 4.72. The lowest BCUT2D eigenvalue weighted by atomic mass is 9.78. The number of hydrogen-bond donors (Lipinski definition) is 1. The number of fused-ring (bicyclic) bond motifs is 3. The molecule has 1 amide bonds. The molecule has 0 spiro atoms. The molecule has 4 heterocycles. The number of aliphatic hydroxyl groups is 1. The quantitative estimate of drug-likeness (QED) is 0.138. The van der Waals surface area contributed by atoms with Crippen LogP contribution in [0.5, 0.6) is 0 Å². The van der Waals surface area contributed by atoms with Gasteiger partial charge in [0.1, 0.15) is 42.3 Å². The van der Waals surface area contributed by atoms with Crippen LogP contribution in [0.3, 0.4) is 0 Å². The van der Waals surface area contributed by atoms with E-state index < -0.39 is 89.3 Å². The molecular formula is C59H91NO15. The minimum Gasteiger partial charge on any atom is -0.460 e. The average molecular weight is 1050 g/mol. The molecular weight excluding hydrogens is 963 g/mol. The van der Waals surface area contributed by atoms with E-state index in [0.29, 0.717) is 64.2 Å². The molecule has 1 saturated carbocycles. The van der Waals surface area contributed by atoms with Crippen LogP contribution in [-0.4, -0.2) is 142 Å². The number of carbonyl (C=O) groups excluding carboxylic acids is 6. The van der Waals surface area contributed by atoms with Crippen LogP contribution in [0.2, 0.25) is 0 Å². The van der Waals surface area contributed by atoms with Crippen molar-refractivity contribution in [1.82, 2.24) is 4.90 Å². The van der Waals surface area contributed by atoms with E-state index in [9.17, 15) is 33.9 Å². The number of methoxy groups -OCH3 is 3. The minimum absolute atomic E-state index is 0.00180. The Morgan fingerprint density at radius 2 is 1.55 bits per heavy atom. The molecule has 16 heteroatoms. The normalized spacial score (nSPS) is 38.6. The third-order valence-electron chi connectivity index (χ3n) is 17.0. The van der Waals surface area contributed by atoms with E-state index in [1.807, 2.05) is 65.0 Å². The Hall–Kier alpha value is -3.90. The van der Waals surface area contributed by atoms with Crippen molar-refractivity contribution < 1.29 is 71.8 Å². The van der Waals surface area contributed by atoms with Crippen LogP contribution in [0.15, 0.2) is 47.6 Å². The van der Waals surface area contributed by atoms with Crippen molar-refractivity contribution in [3.8, 4) is 0 Å². The molecule has 3 saturated heterocycles. The maximum atomic E-state index is 14.6. The van der Waals surface area contributed by atoms with E-state index in [1.165, 1.54) is 12.0 Å². The summed E-state index contributed by atoms with van der Waals surface area (Å²) >= 11 is 0. The van der Waals surface area contributed by atoms with Gasteiger partial charge in [0.15, 0.2) is 5.78 Å². The zero-order valence-electron chi connectivity index (χ0n) is 47.2. The summed E-state index contributed by atoms with van der Waals surface area (Å²) in [5.41, 5.74) is 0.789. The van der Waals surface area contributed by atoms with Crippen molar-refractivity contribution in [3.63, 3.8) is 0 Å². The summed E-state index contributed by atoms with van der Waals surface area (Å²) in [5.74, 6) is -7.93. The van der Waals surface area contributed by atoms with Gasteiger partial charge in [0.05, 0.1) is 31.5 Å². The van der Waals surface area contributed by atoms with E-state index in [0.717, 1.165) is 17.6 Å². The number of cyclic esters (lactones) is 1. The number of ketones is 3. The summed E-state index contributed by atoms with van der Waals surface area (Å²) in [6.07, 6.45) is 14.5. The maximum Gasteiger partial charge on any atom is 0.329 e. The Bertz CT molecular complexity index is 2070. The summed E-state index contributed by atoms with van der Waals surface area (Å²) in [6, 6.07) is -1.15. The van der Waals surface area contributed by atoms with Crippen LogP contribution < -0.4 is 0 Å². The van der Waals surface area contributed by atoms with E-state index >= 15 is 0 Å². The van der Waals surface area contributed by atoms with Crippen molar-refractivity contribution in [2.24, 2.45) is 46.8 Å². The largest absolute Gasteiger partial charge is 0.460 e. The third-order valence-corrected chi connectivity index (χ3v) is 17.0. The van der Waals surface area contributed by atoms with Gasteiger partial charge < -0.3 is 47.9 Å². The van der Waals surface area contributed by atoms with Crippen LogP contribution in [0.25, 0.3) is 0 Å². The van der Waals surface area contributed by atoms with Crippen molar-refractivity contribution >= 4 is 35.2 Å². The molecule has 1 N–H and O–H groups in total. The van der Waals surface area contributed by atoms with Crippen molar-refractivity contribution in [2.45, 2.75) is 194 Å². The first-order valence-electron chi connectivity index (χ1n) is 27.7. The summed E-state index contributed by atoms with van der Waals surface area (Å²) < 4.78 is 47.1. The number of hydrogen-bond acceptors (Lipinski definition) is 15. The first-order chi connectivity index (χ1) is 35.6. The Morgan fingerprint density at radius 1 is 0.827 bits per heavy atom. The number of ether oxygens (including phenoxy) is 8. The second kappa shape index (κ2) is 28.6. The molecule has 5 aliphatic rings. The molecule has 4 aliphatic heterocycles. The Balaban J connectivity index is 1.43. The topological polar surface area (TPSA) is 200 Å². The van der Waals surface area contributed by atoms with Crippen molar-refractivity contribution in [3.05, 3.63) is 47.6 Å². The standard InChI is InChI=1S/C59H91NO15/c1-36-18-14-13-15-19-37(2)49(68-10)31-45-25-23-42(7)59(67,75-45)54(63)55(64)60-27-17-16-20-46(60)56(65)73-50(32-47(61)40(5)28-39(4)43(8)53(70-12)52(62)38(3)22-21-36)41(6)29-44-24-26-48(51(30-44)69-11)74-57(66)58(9)33-71-35-72-34-58/h13-15,18-19,28,36,38,40-46,48-51,53,67H,16-17,20-27,29-35H2,1-12H3/b15-13+,18-14+,37-19+,39-28+/t36-,38-,40-,41-,42-,43-,44+,45+,46+,48-,49+,50+,51-,53-,59-/m1/s1. The predicted octanol–water partition coefficient (Wildman–Crippen LogP) is 8.41. The van der Waals surface area contributed by atoms with Gasteiger partial charge in [-0.2, -0.15) is 0 Å². The van der Waals surface area contributed by atoms with E-state index in [1.54, 1.807) is 35.0 Å². The van der Waals surface area contributed by atoms with Crippen molar-refractivity contribution in [1.29, 1.82) is 0 Å². The molecule has 4 fully saturated rings. The monoisotopic (exact) mass is 1050 g/mol. The highest BCUT2D eigenvalue weighted by atomic mass is 16.7. The van der Waals surface area contributed by atoms with Gasteiger partial charge in [-0.3, -0.25) is 24.0 Å². The number of esters is 2. The molecule has 1 aliphatic carbocycles. The fourth-order valence-electron chi connectivity index (χ4n) is 11.5. The number of rotatable bonds is 8. The van der Waals surface area contributed by atoms with Gasteiger partial charge >= 0.3 is 11.9 Å². The first kappa shape index (κ1) is 61.9. The second-order valence-electron chi connectivity index (χ2n) is 23.0. The fraction of sp³-hybridized carbons (Fsp3) is 0.763. The molecule has 422 valence electrons. The maximum absolute atomic E-state index is 14.6. The predicted molar refractivity (Wildman–Crippen MR) is 282 cm³/mol. The van der Waals surface area contributed by atoms with Gasteiger partial charge in [0.2, 0.25) is 5.79 Å². The number of nitrogens with zero attached hydrogens (tertiary/aromatic N) is 1. The smallest absolute Gasteiger partial charge is 0.329 e. The lowest BCUT2D eigenvalue weighted by Crippen LogP contribution is -2.61. The molecule has 0 unspecified atom stereocenters. The van der Waals surface area contributed by atoms with Crippen LogP contribution in [0.1, 0.15) is 146 Å². The molecule has 2 bridgehead atoms. The number of piperidine rings is 1. The van der Waals surface area contributed by atoms with Gasteiger partial charge in [-0.15, -0.1) is 0 Å². The summed E-state index contributed by atoms with van der Waals surface area (Å²) in [4.78, 5) is 86.3. The minimum atomic E-state index is -2.44. The zero-order chi connectivity index (χ0) is 55.2. The SMILES string of the molecule is CO[C@H]1C[C@@H]2CC[C@@H](C)[C@@](O)(O2)C(=O)C(=O)N2CCCC[C@H]2C(=O)O[C@H]([C@H](C)C[C@@H]2CC[C@@H](OC(=O)C3(C)COCOC3)[C@H](OC)C2)CC(=O)[C@H](C)/C=C(\C)[C@@H](C)[C@@H](OC)C(=O)[C@H](C)CC[C@H](C)/C=C/C=C/C=C/1C. The molecule has 0 aromatic rings. The average Bonchev–Trinajstić information content (AvgIpc) is 3.39. The van der Waals surface area contributed by atoms with Crippen LogP contribution in [0, 0.1) is 46.8 Å². The first-order valence-corrected chi connectivity index (χ1v) is 27.7. The number of carbonyl (C=O) groups is 6. The molecule has 75 heavy (non-hydrogen) atoms. The van der Waals surface area contributed by atoms with E-state index in [4.69, 9.17) is 37.9 Å². The lowest BCUT2D eigenvalue weighted by molar-refractivity contribution is -0.265. The summed E-state index contributed by atoms with van der Waals surface area (Å²) in [6.45, 7) is 17.6. The summed E-state index contributed by atoms with van der Waals surface area (Å²) in [5, 5.41) is 12.1. The number of amides is 1. The number of Topliss-reactive ketones (excluding diaryl/α,β-unsaturated/α-hetero) is 3. The zero-order valence-corrected chi connectivity index (χ0v) is 47.2. The van der Waals surface area contributed by atoms with Gasteiger partial charge in [-0.1, -0.05) is 83.6 Å². The third kappa shape index (κ3) is 16.3. The fourth-order valence-corrected chi connectivity index (χ4v) is 11.5. The van der Waals surface area contributed by atoms with Crippen LogP contribution in [-0.2, 0) is 66.7 Å². The Labute approximate surface area is 447 Å². The molecule has 0 aromatic carbocycles. The Morgan fingerprint density at radius 3 is 2.23 bits per heavy atom. The molecule has 15 atom stereocenters. The van der Waals surface area contributed by atoms with Gasteiger partial charge in [0, 0.05) is 64.4 Å². The van der Waals surface area contributed by atoms with E-state index in [2.05, 4.69) is 13.0 Å². The van der Waals surface area contributed by atoms with Gasteiger partial charge in [-0.25, -0.2) is 4.79 Å². The molecule has 16 nitrogen and oxygen atoms in total. The highest BCUT2D eigenvalue weighted by molar-refractivity contribution is 6.39. The van der Waals surface area contributed by atoms with Gasteiger partial charge in [0.25, 0.3) is 11.7 Å². The molecule has 5 rings (SSSR count).